The second-order valence-electron chi connectivity index (χ2n) is 8.26. The molecule has 3 rings (SSSR count). The zero-order valence-electron chi connectivity index (χ0n) is 16.7. The molecule has 1 spiro atoms. The molecule has 2 aliphatic rings. The number of aryl methyl sites for hydroxylation is 1. The van der Waals surface area contributed by atoms with Crippen LogP contribution in [0.3, 0.4) is 0 Å². The molecule has 1 aromatic rings. The highest BCUT2D eigenvalue weighted by atomic mass is 16.6. The third-order valence-corrected chi connectivity index (χ3v) is 5.75. The second-order valence-corrected chi connectivity index (χ2v) is 8.26. The van der Waals surface area contributed by atoms with Crippen LogP contribution in [0.4, 0.5) is 4.79 Å². The Bertz CT molecular complexity index is 605. The third kappa shape index (κ3) is 4.60. The summed E-state index contributed by atoms with van der Waals surface area (Å²) >= 11 is 0. The molecule has 0 bridgehead atoms. The van der Waals surface area contributed by atoms with Crippen molar-refractivity contribution in [2.45, 2.75) is 44.6 Å². The van der Waals surface area contributed by atoms with Gasteiger partial charge in [-0.15, -0.1) is 0 Å². The van der Waals surface area contributed by atoms with Gasteiger partial charge in [0.05, 0.1) is 6.54 Å². The Labute approximate surface area is 157 Å². The number of hydrogen-bond donors (Lipinski definition) is 0. The molecule has 26 heavy (non-hydrogen) atoms. The smallest absolute Gasteiger partial charge is 0.410 e. The fourth-order valence-corrected chi connectivity index (χ4v) is 3.87. The lowest BCUT2D eigenvalue weighted by molar-refractivity contribution is 0.000149. The van der Waals surface area contributed by atoms with E-state index in [4.69, 9.17) is 9.15 Å². The van der Waals surface area contributed by atoms with Crippen LogP contribution in [0.2, 0.25) is 0 Å². The zero-order chi connectivity index (χ0) is 18.7. The third-order valence-electron chi connectivity index (χ3n) is 5.75. The van der Waals surface area contributed by atoms with E-state index in [0.717, 1.165) is 70.1 Å². The maximum atomic E-state index is 12.2. The lowest BCUT2D eigenvalue weighted by atomic mass is 9.91. The number of carbonyl (C=O) groups excluding carboxylic acids is 1. The Morgan fingerprint density at radius 2 is 1.96 bits per heavy atom. The summed E-state index contributed by atoms with van der Waals surface area (Å²) < 4.78 is 11.5. The molecule has 0 aromatic carbocycles. The normalized spacial score (nSPS) is 21.6. The van der Waals surface area contributed by atoms with Crippen LogP contribution >= 0.6 is 0 Å². The fourth-order valence-electron chi connectivity index (χ4n) is 3.87. The van der Waals surface area contributed by atoms with E-state index < -0.39 is 0 Å². The first-order valence-corrected chi connectivity index (χ1v) is 9.78. The maximum Gasteiger partial charge on any atom is 0.410 e. The zero-order valence-corrected chi connectivity index (χ0v) is 16.7. The highest BCUT2D eigenvalue weighted by molar-refractivity contribution is 5.70. The molecule has 1 aromatic heterocycles. The summed E-state index contributed by atoms with van der Waals surface area (Å²) in [5, 5.41) is 0. The van der Waals surface area contributed by atoms with E-state index in [1.165, 1.54) is 0 Å². The van der Waals surface area contributed by atoms with Crippen molar-refractivity contribution in [3.8, 4) is 0 Å². The molecule has 0 N–H and O–H groups in total. The van der Waals surface area contributed by atoms with E-state index in [2.05, 4.69) is 22.8 Å². The first kappa shape index (κ1) is 19.2. The molecule has 1 amide bonds. The minimum atomic E-state index is -0.260. The van der Waals surface area contributed by atoms with E-state index >= 15 is 0 Å². The Balaban J connectivity index is 1.43. The highest BCUT2D eigenvalue weighted by Gasteiger charge is 2.46. The molecule has 2 aliphatic heterocycles. The van der Waals surface area contributed by atoms with Crippen molar-refractivity contribution in [2.75, 3.05) is 53.4 Å². The van der Waals surface area contributed by atoms with Gasteiger partial charge >= 0.3 is 6.09 Å². The van der Waals surface area contributed by atoms with Gasteiger partial charge in [-0.05, 0) is 46.1 Å². The van der Waals surface area contributed by atoms with Crippen molar-refractivity contribution in [2.24, 2.45) is 0 Å². The Hall–Kier alpha value is -1.53. The topological polar surface area (TPSA) is 49.2 Å². The van der Waals surface area contributed by atoms with Crippen LogP contribution in [0.25, 0.3) is 0 Å². The van der Waals surface area contributed by atoms with Crippen molar-refractivity contribution in [1.29, 1.82) is 0 Å². The van der Waals surface area contributed by atoms with Crippen LogP contribution in [-0.2, 0) is 4.74 Å². The molecule has 1 atom stereocenters. The van der Waals surface area contributed by atoms with Gasteiger partial charge in [0.25, 0.3) is 0 Å². The van der Waals surface area contributed by atoms with E-state index in [9.17, 15) is 4.79 Å². The minimum Gasteiger partial charge on any atom is -0.466 e. The molecule has 6 nitrogen and oxygen atoms in total. The Morgan fingerprint density at radius 3 is 2.58 bits per heavy atom. The van der Waals surface area contributed by atoms with Crippen molar-refractivity contribution in [3.05, 3.63) is 23.7 Å². The standard InChI is InChI=1S/C20H33N3O3/c1-16(18-6-5-17(2)25-18)7-10-22-11-8-20(9-12-22)15-23(19(24)26-20)14-13-21(3)4/h5-6,16H,7-15H2,1-4H3/t16-/m1/s1. The number of likely N-dealkylation sites (tertiary alicyclic amines) is 1. The van der Waals surface area contributed by atoms with E-state index in [1.807, 2.05) is 32.0 Å². The number of nitrogens with zero attached hydrogens (tertiary/aromatic N) is 3. The first-order chi connectivity index (χ1) is 12.4. The summed E-state index contributed by atoms with van der Waals surface area (Å²) in [7, 11) is 4.06. The number of furan rings is 1. The Kier molecular flexibility index (Phi) is 5.92. The van der Waals surface area contributed by atoms with Crippen LogP contribution in [0.5, 0.6) is 0 Å². The molecular weight excluding hydrogens is 330 g/mol. The number of amides is 1. The second kappa shape index (κ2) is 8.01. The van der Waals surface area contributed by atoms with Gasteiger partial charge in [-0.2, -0.15) is 0 Å². The van der Waals surface area contributed by atoms with Crippen LogP contribution in [-0.4, -0.2) is 79.8 Å². The van der Waals surface area contributed by atoms with Crippen molar-refractivity contribution in [1.82, 2.24) is 14.7 Å². The summed E-state index contributed by atoms with van der Waals surface area (Å²) in [6.45, 7) is 9.65. The van der Waals surface area contributed by atoms with E-state index in [-0.39, 0.29) is 11.7 Å². The average molecular weight is 364 g/mol. The number of rotatable bonds is 7. The molecule has 0 radical (unpaired) electrons. The van der Waals surface area contributed by atoms with Gasteiger partial charge < -0.3 is 23.9 Å². The molecule has 2 saturated heterocycles. The van der Waals surface area contributed by atoms with Gasteiger partial charge in [0, 0.05) is 44.9 Å². The number of piperidine rings is 1. The van der Waals surface area contributed by atoms with Gasteiger partial charge in [0.2, 0.25) is 0 Å². The number of ether oxygens (including phenoxy) is 1. The van der Waals surface area contributed by atoms with Crippen molar-refractivity contribution in [3.63, 3.8) is 0 Å². The molecule has 6 heteroatoms. The summed E-state index contributed by atoms with van der Waals surface area (Å²) in [5.74, 6) is 2.50. The average Bonchev–Trinajstić information content (AvgIpc) is 3.16. The van der Waals surface area contributed by atoms with Crippen LogP contribution in [0, 0.1) is 6.92 Å². The number of likely N-dealkylation sites (N-methyl/N-ethyl adjacent to an activating group) is 1. The summed E-state index contributed by atoms with van der Waals surface area (Å²) in [6.07, 6.45) is 2.83. The molecule has 0 saturated carbocycles. The van der Waals surface area contributed by atoms with Crippen molar-refractivity contribution >= 4 is 6.09 Å². The predicted molar refractivity (Wildman–Crippen MR) is 101 cm³/mol. The lowest BCUT2D eigenvalue weighted by Gasteiger charge is -2.37. The molecule has 146 valence electrons. The SMILES string of the molecule is Cc1ccc([C@H](C)CCN2CCC3(CC2)CN(CCN(C)C)C(=O)O3)o1. The van der Waals surface area contributed by atoms with Crippen LogP contribution in [0.15, 0.2) is 16.5 Å². The van der Waals surface area contributed by atoms with Gasteiger partial charge in [-0.25, -0.2) is 4.79 Å². The number of carbonyl (C=O) groups is 1. The molecule has 0 unspecified atom stereocenters. The van der Waals surface area contributed by atoms with Crippen LogP contribution < -0.4 is 0 Å². The van der Waals surface area contributed by atoms with Gasteiger partial charge in [0.1, 0.15) is 17.1 Å². The minimum absolute atomic E-state index is 0.137. The first-order valence-electron chi connectivity index (χ1n) is 9.78. The highest BCUT2D eigenvalue weighted by Crippen LogP contribution is 2.33. The largest absolute Gasteiger partial charge is 0.466 e. The van der Waals surface area contributed by atoms with Crippen molar-refractivity contribution < 1.29 is 13.9 Å². The molecule has 3 heterocycles. The number of hydrogen-bond acceptors (Lipinski definition) is 5. The summed E-state index contributed by atoms with van der Waals surface area (Å²) in [4.78, 5) is 18.6. The predicted octanol–water partition coefficient (Wildman–Crippen LogP) is 2.93. The van der Waals surface area contributed by atoms with E-state index in [1.54, 1.807) is 0 Å². The lowest BCUT2D eigenvalue weighted by Crippen LogP contribution is -2.47. The summed E-state index contributed by atoms with van der Waals surface area (Å²) in [5.41, 5.74) is -0.260. The van der Waals surface area contributed by atoms with Crippen LogP contribution in [0.1, 0.15) is 43.6 Å². The van der Waals surface area contributed by atoms with E-state index in [0.29, 0.717) is 5.92 Å². The quantitative estimate of drug-likeness (QED) is 0.745. The molecule has 0 aliphatic carbocycles. The monoisotopic (exact) mass is 363 g/mol. The molecule has 2 fully saturated rings. The van der Waals surface area contributed by atoms with Gasteiger partial charge in [-0.1, -0.05) is 6.92 Å². The maximum absolute atomic E-state index is 12.2. The fraction of sp³-hybridized carbons (Fsp3) is 0.750. The Morgan fingerprint density at radius 1 is 1.23 bits per heavy atom. The van der Waals surface area contributed by atoms with Gasteiger partial charge in [0.15, 0.2) is 0 Å². The summed E-state index contributed by atoms with van der Waals surface area (Å²) in [6, 6.07) is 4.12. The van der Waals surface area contributed by atoms with Gasteiger partial charge in [-0.3, -0.25) is 0 Å². The molecular formula is C20H33N3O3.